The van der Waals surface area contributed by atoms with Crippen molar-refractivity contribution in [2.24, 2.45) is 5.84 Å². The van der Waals surface area contributed by atoms with Gasteiger partial charge in [0, 0.05) is 11.9 Å². The van der Waals surface area contributed by atoms with Gasteiger partial charge in [0.1, 0.15) is 0 Å². The van der Waals surface area contributed by atoms with E-state index < -0.39 is 0 Å². The number of nitrogen functional groups attached to an aromatic ring is 1. The topological polar surface area (TPSA) is 68.8 Å². The molecule has 0 bridgehead atoms. The molecule has 18 heavy (non-hydrogen) atoms. The fourth-order valence-corrected chi connectivity index (χ4v) is 2.21. The molecule has 2 rings (SSSR count). The first-order chi connectivity index (χ1) is 8.65. The maximum Gasteiger partial charge on any atom is 0.0835 e. The Kier molecular flexibility index (Phi) is 3.62. The lowest BCUT2D eigenvalue weighted by molar-refractivity contribution is 0.646. The first-order valence-electron chi connectivity index (χ1n) is 6.10. The van der Waals surface area contributed by atoms with Crippen LogP contribution in [0.3, 0.4) is 0 Å². The molecule has 0 unspecified atom stereocenters. The standard InChI is InChI=1S/C13H19N5/c1-4-13-9(2)17-18(10(13)3)8-12-7-11(16-14)5-6-15-12/h5-7H,4,8,14H2,1-3H3,(H,15,16). The molecule has 0 fully saturated rings. The predicted molar refractivity (Wildman–Crippen MR) is 72.2 cm³/mol. The van der Waals surface area contributed by atoms with Gasteiger partial charge in [-0.1, -0.05) is 6.92 Å². The second kappa shape index (κ2) is 5.18. The number of nitrogens with two attached hydrogens (primary N) is 1. The third kappa shape index (κ3) is 2.36. The van der Waals surface area contributed by atoms with E-state index in [0.29, 0.717) is 6.54 Å². The quantitative estimate of drug-likeness (QED) is 0.636. The summed E-state index contributed by atoms with van der Waals surface area (Å²) in [6.07, 6.45) is 2.76. The minimum Gasteiger partial charge on any atom is -0.324 e. The van der Waals surface area contributed by atoms with E-state index in [-0.39, 0.29) is 0 Å². The average Bonchev–Trinajstić information content (AvgIpc) is 2.64. The van der Waals surface area contributed by atoms with Crippen molar-refractivity contribution in [3.05, 3.63) is 41.0 Å². The number of nitrogens with one attached hydrogen (secondary N) is 1. The highest BCUT2D eigenvalue weighted by molar-refractivity contribution is 5.41. The highest BCUT2D eigenvalue weighted by Crippen LogP contribution is 2.15. The lowest BCUT2D eigenvalue weighted by Crippen LogP contribution is -2.09. The van der Waals surface area contributed by atoms with Crippen molar-refractivity contribution in [2.75, 3.05) is 5.43 Å². The molecular formula is C13H19N5. The van der Waals surface area contributed by atoms with Gasteiger partial charge < -0.3 is 5.43 Å². The van der Waals surface area contributed by atoms with Crippen molar-refractivity contribution in [3.8, 4) is 0 Å². The molecule has 0 amide bonds. The van der Waals surface area contributed by atoms with Crippen LogP contribution < -0.4 is 11.3 Å². The lowest BCUT2D eigenvalue weighted by Gasteiger charge is -2.06. The zero-order valence-corrected chi connectivity index (χ0v) is 11.1. The molecule has 0 radical (unpaired) electrons. The number of aromatic nitrogens is 3. The molecule has 0 saturated heterocycles. The summed E-state index contributed by atoms with van der Waals surface area (Å²) in [4.78, 5) is 4.33. The highest BCUT2D eigenvalue weighted by atomic mass is 15.3. The van der Waals surface area contributed by atoms with Crippen LogP contribution in [0.1, 0.15) is 29.6 Å². The van der Waals surface area contributed by atoms with Crippen molar-refractivity contribution in [2.45, 2.75) is 33.7 Å². The maximum absolute atomic E-state index is 5.39. The summed E-state index contributed by atoms with van der Waals surface area (Å²) in [5.41, 5.74) is 8.06. The molecule has 2 aromatic rings. The van der Waals surface area contributed by atoms with Crippen LogP contribution in [0, 0.1) is 13.8 Å². The normalized spacial score (nSPS) is 10.7. The largest absolute Gasteiger partial charge is 0.324 e. The molecule has 0 aliphatic carbocycles. The van der Waals surface area contributed by atoms with E-state index in [1.807, 2.05) is 23.7 Å². The molecule has 0 aromatic carbocycles. The Labute approximate surface area is 107 Å². The van der Waals surface area contributed by atoms with E-state index in [1.165, 1.54) is 11.3 Å². The van der Waals surface area contributed by atoms with Gasteiger partial charge in [0.15, 0.2) is 0 Å². The van der Waals surface area contributed by atoms with E-state index in [4.69, 9.17) is 5.84 Å². The molecule has 0 aliphatic rings. The number of hydrogen-bond donors (Lipinski definition) is 2. The number of nitrogens with zero attached hydrogens (tertiary/aromatic N) is 3. The summed E-state index contributed by atoms with van der Waals surface area (Å²) in [5.74, 6) is 5.39. The fraction of sp³-hybridized carbons (Fsp3) is 0.385. The van der Waals surface area contributed by atoms with Crippen LogP contribution in [0.2, 0.25) is 0 Å². The van der Waals surface area contributed by atoms with E-state index >= 15 is 0 Å². The number of aryl methyl sites for hydroxylation is 1. The average molecular weight is 245 g/mol. The maximum atomic E-state index is 5.39. The Morgan fingerprint density at radius 2 is 2.17 bits per heavy atom. The zero-order valence-electron chi connectivity index (χ0n) is 11.1. The van der Waals surface area contributed by atoms with Crippen LogP contribution in [0.15, 0.2) is 18.3 Å². The van der Waals surface area contributed by atoms with Gasteiger partial charge in [-0.25, -0.2) is 0 Å². The predicted octanol–water partition coefficient (Wildman–Crippen LogP) is 1.79. The summed E-state index contributed by atoms with van der Waals surface area (Å²) in [5, 5.41) is 4.56. The van der Waals surface area contributed by atoms with Crippen molar-refractivity contribution in [1.82, 2.24) is 14.8 Å². The van der Waals surface area contributed by atoms with Crippen LogP contribution in [-0.2, 0) is 13.0 Å². The minimum absolute atomic E-state index is 0.669. The molecule has 2 aromatic heterocycles. The molecule has 3 N–H and O–H groups in total. The number of rotatable bonds is 4. The number of anilines is 1. The van der Waals surface area contributed by atoms with Gasteiger partial charge in [-0.2, -0.15) is 5.10 Å². The molecule has 96 valence electrons. The van der Waals surface area contributed by atoms with Gasteiger partial charge in [-0.15, -0.1) is 0 Å². The van der Waals surface area contributed by atoms with Gasteiger partial charge in [-0.3, -0.25) is 15.5 Å². The first kappa shape index (κ1) is 12.6. The van der Waals surface area contributed by atoms with Gasteiger partial charge in [0.2, 0.25) is 0 Å². The molecule has 0 spiro atoms. The second-order valence-corrected chi connectivity index (χ2v) is 4.34. The molecule has 5 nitrogen and oxygen atoms in total. The number of hydrogen-bond acceptors (Lipinski definition) is 4. The van der Waals surface area contributed by atoms with Crippen molar-refractivity contribution >= 4 is 5.69 Å². The summed E-state index contributed by atoms with van der Waals surface area (Å²) < 4.78 is 2.00. The lowest BCUT2D eigenvalue weighted by atomic mass is 10.1. The van der Waals surface area contributed by atoms with E-state index in [2.05, 4.69) is 29.4 Å². The Morgan fingerprint density at radius 1 is 1.39 bits per heavy atom. The SMILES string of the molecule is CCc1c(C)nn(Cc2cc(NN)ccn2)c1C. The van der Waals surface area contributed by atoms with Crippen molar-refractivity contribution in [1.29, 1.82) is 0 Å². The molecule has 0 atom stereocenters. The van der Waals surface area contributed by atoms with Gasteiger partial charge >= 0.3 is 0 Å². The van der Waals surface area contributed by atoms with Crippen LogP contribution >= 0.6 is 0 Å². The molecule has 0 aliphatic heterocycles. The minimum atomic E-state index is 0.669. The van der Waals surface area contributed by atoms with E-state index in [0.717, 1.165) is 23.5 Å². The Bertz CT molecular complexity index is 544. The van der Waals surface area contributed by atoms with Crippen LogP contribution in [0.25, 0.3) is 0 Å². The van der Waals surface area contributed by atoms with Crippen molar-refractivity contribution in [3.63, 3.8) is 0 Å². The number of hydrazine groups is 1. The smallest absolute Gasteiger partial charge is 0.0835 e. The Morgan fingerprint density at radius 3 is 2.78 bits per heavy atom. The monoisotopic (exact) mass is 245 g/mol. The molecule has 5 heteroatoms. The van der Waals surface area contributed by atoms with E-state index in [1.54, 1.807) is 6.20 Å². The zero-order chi connectivity index (χ0) is 13.1. The fourth-order valence-electron chi connectivity index (χ4n) is 2.21. The van der Waals surface area contributed by atoms with Crippen molar-refractivity contribution < 1.29 is 0 Å². The van der Waals surface area contributed by atoms with Crippen LogP contribution in [0.5, 0.6) is 0 Å². The Balaban J connectivity index is 2.28. The molecule has 0 saturated carbocycles. The van der Waals surface area contributed by atoms with Gasteiger partial charge in [0.25, 0.3) is 0 Å². The summed E-state index contributed by atoms with van der Waals surface area (Å²) in [6, 6.07) is 3.77. The highest BCUT2D eigenvalue weighted by Gasteiger charge is 2.10. The third-order valence-electron chi connectivity index (χ3n) is 3.18. The van der Waals surface area contributed by atoms with Crippen LogP contribution in [-0.4, -0.2) is 14.8 Å². The molecular weight excluding hydrogens is 226 g/mol. The summed E-state index contributed by atoms with van der Waals surface area (Å²) >= 11 is 0. The molecule has 2 heterocycles. The van der Waals surface area contributed by atoms with Gasteiger partial charge in [0.05, 0.1) is 23.6 Å². The van der Waals surface area contributed by atoms with Crippen LogP contribution in [0.4, 0.5) is 5.69 Å². The Hall–Kier alpha value is -1.88. The van der Waals surface area contributed by atoms with E-state index in [9.17, 15) is 0 Å². The second-order valence-electron chi connectivity index (χ2n) is 4.34. The number of pyridine rings is 1. The third-order valence-corrected chi connectivity index (χ3v) is 3.18. The van der Waals surface area contributed by atoms with Gasteiger partial charge in [-0.05, 0) is 38.0 Å². The summed E-state index contributed by atoms with van der Waals surface area (Å²) in [6.45, 7) is 6.97. The first-order valence-corrected chi connectivity index (χ1v) is 6.10. The summed E-state index contributed by atoms with van der Waals surface area (Å²) in [7, 11) is 0.